The number of carbonyl (C=O) groups excluding carboxylic acids is 2. The average molecular weight is 857 g/mol. The van der Waals surface area contributed by atoms with Gasteiger partial charge in [0.15, 0.2) is 12.1 Å². The smallest absolute Gasteiger partial charge is 0.362 e. The average Bonchev–Trinajstić information content (AvgIpc) is 3.22. The Morgan fingerprint density at radius 2 is 0.918 bits per heavy atom. The SMILES string of the molecule is CC/C=C/C/C=C/C/C=C/C/C=C/C/C=C/CCCC(=O)OCC(COCCC(C(=O)O)[N+](C)(C)C)OC(=O)CCCCCCCCCCCCCCCCCCCCCC. The number of likely N-dealkylation sites (N-methyl/N-ethyl adjacent to an activating group) is 1. The fraction of sp³-hybridized carbons (Fsp3) is 0.755. The van der Waals surface area contributed by atoms with Crippen LogP contribution in [0.15, 0.2) is 60.8 Å². The summed E-state index contributed by atoms with van der Waals surface area (Å²) in [4.78, 5) is 37.1. The van der Waals surface area contributed by atoms with Crippen LogP contribution in [0.4, 0.5) is 0 Å². The van der Waals surface area contributed by atoms with Crippen molar-refractivity contribution in [1.29, 1.82) is 0 Å². The highest BCUT2D eigenvalue weighted by Gasteiger charge is 2.31. The normalized spacial score (nSPS) is 13.4. The molecule has 2 atom stereocenters. The molecule has 0 aliphatic rings. The molecule has 0 bridgehead atoms. The van der Waals surface area contributed by atoms with Crippen molar-refractivity contribution in [3.8, 4) is 0 Å². The molecule has 0 amide bonds. The van der Waals surface area contributed by atoms with Crippen molar-refractivity contribution >= 4 is 17.9 Å². The summed E-state index contributed by atoms with van der Waals surface area (Å²) < 4.78 is 17.3. The molecule has 0 aromatic carbocycles. The number of aliphatic carboxylic acids is 1. The molecule has 0 spiro atoms. The third-order valence-electron chi connectivity index (χ3n) is 10.9. The first-order chi connectivity index (χ1) is 29.6. The number of carboxylic acid groups (broad SMARTS) is 1. The first-order valence-corrected chi connectivity index (χ1v) is 24.8. The molecule has 2 unspecified atom stereocenters. The highest BCUT2D eigenvalue weighted by atomic mass is 16.6. The summed E-state index contributed by atoms with van der Waals surface area (Å²) in [5, 5.41) is 9.64. The maximum Gasteiger partial charge on any atom is 0.362 e. The maximum absolute atomic E-state index is 12.8. The van der Waals surface area contributed by atoms with Gasteiger partial charge in [0.2, 0.25) is 0 Å². The van der Waals surface area contributed by atoms with Gasteiger partial charge in [-0.3, -0.25) is 9.59 Å². The zero-order valence-electron chi connectivity index (χ0n) is 40.1. The van der Waals surface area contributed by atoms with Crippen LogP contribution in [0.5, 0.6) is 0 Å². The number of hydrogen-bond donors (Lipinski definition) is 1. The first kappa shape index (κ1) is 58.0. The van der Waals surface area contributed by atoms with Crippen molar-refractivity contribution in [2.24, 2.45) is 0 Å². The highest BCUT2D eigenvalue weighted by molar-refractivity contribution is 5.72. The predicted molar refractivity (Wildman–Crippen MR) is 257 cm³/mol. The van der Waals surface area contributed by atoms with Gasteiger partial charge in [-0.2, -0.15) is 0 Å². The van der Waals surface area contributed by atoms with Gasteiger partial charge in [0.05, 0.1) is 34.4 Å². The van der Waals surface area contributed by atoms with E-state index in [-0.39, 0.29) is 42.7 Å². The molecule has 0 saturated heterocycles. The second-order valence-electron chi connectivity index (χ2n) is 17.7. The van der Waals surface area contributed by atoms with E-state index in [0.29, 0.717) is 19.3 Å². The largest absolute Gasteiger partial charge is 0.477 e. The quantitative estimate of drug-likeness (QED) is 0.0282. The second kappa shape index (κ2) is 43.7. The Bertz CT molecular complexity index is 1180. The van der Waals surface area contributed by atoms with Gasteiger partial charge in [-0.25, -0.2) is 4.79 Å². The maximum atomic E-state index is 12.8. The van der Waals surface area contributed by atoms with E-state index in [0.717, 1.165) is 57.8 Å². The van der Waals surface area contributed by atoms with Crippen LogP contribution in [0.3, 0.4) is 0 Å². The van der Waals surface area contributed by atoms with Crippen molar-refractivity contribution < 1.29 is 38.2 Å². The molecule has 61 heavy (non-hydrogen) atoms. The van der Waals surface area contributed by atoms with Gasteiger partial charge in [0, 0.05) is 19.3 Å². The lowest BCUT2D eigenvalue weighted by Crippen LogP contribution is -2.50. The van der Waals surface area contributed by atoms with Crippen molar-refractivity contribution in [2.45, 2.75) is 219 Å². The van der Waals surface area contributed by atoms with Crippen LogP contribution < -0.4 is 0 Å². The number of carbonyl (C=O) groups is 3. The molecule has 8 heteroatoms. The van der Waals surface area contributed by atoms with E-state index in [1.54, 1.807) is 0 Å². The Balaban J connectivity index is 4.33. The van der Waals surface area contributed by atoms with Gasteiger partial charge in [-0.05, 0) is 51.4 Å². The topological polar surface area (TPSA) is 99.1 Å². The van der Waals surface area contributed by atoms with Crippen LogP contribution in [-0.4, -0.2) is 80.6 Å². The minimum atomic E-state index is -0.882. The van der Waals surface area contributed by atoms with E-state index in [4.69, 9.17) is 14.2 Å². The minimum Gasteiger partial charge on any atom is -0.477 e. The predicted octanol–water partition coefficient (Wildman–Crippen LogP) is 14.1. The second-order valence-corrected chi connectivity index (χ2v) is 17.7. The lowest BCUT2D eigenvalue weighted by molar-refractivity contribution is -0.887. The molecule has 0 aliphatic heterocycles. The molecule has 0 saturated carbocycles. The number of quaternary nitrogens is 1. The molecule has 0 heterocycles. The summed E-state index contributed by atoms with van der Waals surface area (Å²) in [6, 6.07) is -0.624. The van der Waals surface area contributed by atoms with E-state index in [1.165, 1.54) is 109 Å². The van der Waals surface area contributed by atoms with E-state index < -0.39 is 18.1 Å². The Hall–Kier alpha value is -2.97. The summed E-state index contributed by atoms with van der Waals surface area (Å²) in [7, 11) is 5.52. The zero-order chi connectivity index (χ0) is 44.9. The molecule has 0 aliphatic carbocycles. The first-order valence-electron chi connectivity index (χ1n) is 24.8. The highest BCUT2D eigenvalue weighted by Crippen LogP contribution is 2.16. The molecule has 352 valence electrons. The van der Waals surface area contributed by atoms with E-state index in [1.807, 2.05) is 21.1 Å². The Morgan fingerprint density at radius 3 is 1.34 bits per heavy atom. The Labute approximate surface area is 375 Å². The lowest BCUT2D eigenvalue weighted by atomic mass is 10.0. The molecule has 0 aromatic rings. The molecule has 1 N–H and O–H groups in total. The van der Waals surface area contributed by atoms with Gasteiger partial charge in [-0.1, -0.05) is 197 Å². The minimum absolute atomic E-state index is 0.0434. The van der Waals surface area contributed by atoms with Crippen molar-refractivity contribution in [3.05, 3.63) is 60.8 Å². The number of allylic oxidation sites excluding steroid dienone is 10. The van der Waals surface area contributed by atoms with Crippen LogP contribution >= 0.6 is 0 Å². The van der Waals surface area contributed by atoms with E-state index in [2.05, 4.69) is 74.6 Å². The van der Waals surface area contributed by atoms with Crippen LogP contribution in [0.25, 0.3) is 0 Å². The lowest BCUT2D eigenvalue weighted by Gasteiger charge is -2.31. The number of rotatable bonds is 44. The van der Waals surface area contributed by atoms with Gasteiger partial charge in [-0.15, -0.1) is 0 Å². The van der Waals surface area contributed by atoms with Gasteiger partial charge in [0.1, 0.15) is 6.61 Å². The fourth-order valence-electron chi connectivity index (χ4n) is 7.13. The van der Waals surface area contributed by atoms with E-state index >= 15 is 0 Å². The van der Waals surface area contributed by atoms with Gasteiger partial charge >= 0.3 is 17.9 Å². The number of unbranched alkanes of at least 4 members (excludes halogenated alkanes) is 20. The standard InChI is InChI=1S/C53H93NO7/c1-6-8-10-12-14-16-18-20-22-24-25-26-28-30-32-34-36-38-40-42-44-52(56)61-49(47-59-46-45-50(53(57)58)54(3,4)5)48-60-51(55)43-41-39-37-35-33-31-29-27-23-21-19-17-15-13-11-9-7-2/h9,11,15,17,21,23,29,31,35,37,49-50H,6-8,10,12-14,16,18-20,22,24-28,30,32-34,36,38-48H2,1-5H3/p+1/b11-9+,17-15+,23-21+,31-29+,37-35+. The van der Waals surface area contributed by atoms with Crippen molar-refractivity contribution in [2.75, 3.05) is 41.0 Å². The van der Waals surface area contributed by atoms with Crippen LogP contribution in [0.2, 0.25) is 0 Å². The molecule has 0 radical (unpaired) electrons. The fourth-order valence-corrected chi connectivity index (χ4v) is 7.13. The molecular weight excluding hydrogens is 763 g/mol. The van der Waals surface area contributed by atoms with E-state index in [9.17, 15) is 19.5 Å². The summed E-state index contributed by atoms with van der Waals surface area (Å²) in [6.45, 7) is 4.58. The molecular formula is C53H94NO7+. The van der Waals surface area contributed by atoms with Crippen molar-refractivity contribution in [1.82, 2.24) is 0 Å². The third kappa shape index (κ3) is 42.1. The molecule has 0 aromatic heterocycles. The van der Waals surface area contributed by atoms with Gasteiger partial charge < -0.3 is 23.8 Å². The summed E-state index contributed by atoms with van der Waals surface area (Å²) in [5.74, 6) is -1.54. The number of carboxylic acids is 1. The van der Waals surface area contributed by atoms with Crippen LogP contribution in [0.1, 0.15) is 206 Å². The number of esters is 2. The van der Waals surface area contributed by atoms with Crippen molar-refractivity contribution in [3.63, 3.8) is 0 Å². The third-order valence-corrected chi connectivity index (χ3v) is 10.9. The summed E-state index contributed by atoms with van der Waals surface area (Å²) in [5.41, 5.74) is 0. The van der Waals surface area contributed by atoms with Gasteiger partial charge in [0.25, 0.3) is 0 Å². The molecule has 8 nitrogen and oxygen atoms in total. The Kier molecular flexibility index (Phi) is 41.5. The zero-order valence-corrected chi connectivity index (χ0v) is 40.1. The van der Waals surface area contributed by atoms with Crippen LogP contribution in [-0.2, 0) is 28.6 Å². The summed E-state index contributed by atoms with van der Waals surface area (Å²) in [6.07, 6.45) is 54.2. The monoisotopic (exact) mass is 857 g/mol. The number of hydrogen-bond acceptors (Lipinski definition) is 6. The summed E-state index contributed by atoms with van der Waals surface area (Å²) >= 11 is 0. The number of ether oxygens (including phenoxy) is 3. The molecule has 0 rings (SSSR count). The number of nitrogens with zero attached hydrogens (tertiary/aromatic N) is 1. The molecule has 0 fully saturated rings. The Morgan fingerprint density at radius 1 is 0.508 bits per heavy atom. The van der Waals surface area contributed by atoms with Crippen LogP contribution in [0, 0.1) is 0 Å².